The summed E-state index contributed by atoms with van der Waals surface area (Å²) >= 11 is 6.08. The van der Waals surface area contributed by atoms with Gasteiger partial charge in [0.05, 0.1) is 35.5 Å². The Morgan fingerprint density at radius 1 is 1.22 bits per heavy atom. The first-order valence-corrected chi connectivity index (χ1v) is 9.96. The molecular weight excluding hydrogens is 393 g/mol. The van der Waals surface area contributed by atoms with Crippen LogP contribution in [0.1, 0.15) is 22.6 Å². The summed E-state index contributed by atoms with van der Waals surface area (Å²) in [6.07, 6.45) is 1.30. The van der Waals surface area contributed by atoms with Gasteiger partial charge in [-0.2, -0.15) is 10.2 Å². The molecule has 1 aromatic carbocycles. The Morgan fingerprint density at radius 3 is 2.52 bits per heavy atom. The van der Waals surface area contributed by atoms with E-state index in [-0.39, 0.29) is 16.5 Å². The van der Waals surface area contributed by atoms with Gasteiger partial charge >= 0.3 is 0 Å². The molecule has 0 unspecified atom stereocenters. The van der Waals surface area contributed by atoms with Crippen LogP contribution in [0, 0.1) is 26.6 Å². The molecule has 2 heterocycles. The van der Waals surface area contributed by atoms with Crippen LogP contribution >= 0.6 is 11.6 Å². The molecule has 0 amide bonds. The van der Waals surface area contributed by atoms with E-state index >= 15 is 0 Å². The van der Waals surface area contributed by atoms with Crippen molar-refractivity contribution in [3.63, 3.8) is 0 Å². The molecule has 0 aliphatic heterocycles. The zero-order chi connectivity index (χ0) is 19.9. The number of aromatic nitrogens is 4. The summed E-state index contributed by atoms with van der Waals surface area (Å²) < 4.78 is 45.1. The highest BCUT2D eigenvalue weighted by Gasteiger charge is 2.24. The second-order valence-electron chi connectivity index (χ2n) is 6.23. The Balaban J connectivity index is 1.96. The number of nitrogens with one attached hydrogen (secondary N) is 1. The summed E-state index contributed by atoms with van der Waals surface area (Å²) in [7, 11) is -2.16. The largest absolute Gasteiger partial charge is 0.276 e. The van der Waals surface area contributed by atoms with Crippen molar-refractivity contribution < 1.29 is 12.8 Å². The minimum atomic E-state index is -3.83. The van der Waals surface area contributed by atoms with Gasteiger partial charge in [0.25, 0.3) is 10.0 Å². The van der Waals surface area contributed by atoms with Crippen molar-refractivity contribution >= 4 is 27.3 Å². The van der Waals surface area contributed by atoms with Gasteiger partial charge in [0.15, 0.2) is 0 Å². The number of halogens is 2. The second-order valence-corrected chi connectivity index (χ2v) is 8.29. The lowest BCUT2D eigenvalue weighted by Gasteiger charge is -2.10. The number of rotatable bonds is 5. The van der Waals surface area contributed by atoms with Crippen molar-refractivity contribution in [3.8, 4) is 0 Å². The van der Waals surface area contributed by atoms with Gasteiger partial charge in [0, 0.05) is 17.6 Å². The van der Waals surface area contributed by atoms with E-state index in [9.17, 15) is 12.8 Å². The monoisotopic (exact) mass is 411 g/mol. The SMILES string of the molecule is Cc1nn(Cc2c(F)cccc2Cl)c(C)c1NS(=O)(=O)c1cnn(C)c1C. The molecule has 0 bridgehead atoms. The third kappa shape index (κ3) is 3.57. The normalized spacial score (nSPS) is 11.8. The molecule has 0 saturated heterocycles. The Kier molecular flexibility index (Phi) is 5.00. The van der Waals surface area contributed by atoms with Crippen molar-refractivity contribution in [3.05, 3.63) is 57.9 Å². The molecule has 0 radical (unpaired) electrons. The lowest BCUT2D eigenvalue weighted by atomic mass is 10.2. The zero-order valence-electron chi connectivity index (χ0n) is 15.3. The van der Waals surface area contributed by atoms with Crippen LogP contribution in [-0.2, 0) is 23.6 Å². The van der Waals surface area contributed by atoms with Gasteiger partial charge in [0.1, 0.15) is 10.7 Å². The zero-order valence-corrected chi connectivity index (χ0v) is 16.9. The van der Waals surface area contributed by atoms with E-state index in [4.69, 9.17) is 11.6 Å². The van der Waals surface area contributed by atoms with E-state index in [2.05, 4.69) is 14.9 Å². The first-order chi connectivity index (χ1) is 12.6. The van der Waals surface area contributed by atoms with Crippen molar-refractivity contribution in [2.24, 2.45) is 7.05 Å². The van der Waals surface area contributed by atoms with E-state index in [0.29, 0.717) is 28.3 Å². The molecule has 2 aromatic heterocycles. The summed E-state index contributed by atoms with van der Waals surface area (Å²) in [5.74, 6) is -0.442. The van der Waals surface area contributed by atoms with Crippen molar-refractivity contribution in [2.45, 2.75) is 32.2 Å². The van der Waals surface area contributed by atoms with Crippen LogP contribution in [-0.4, -0.2) is 28.0 Å². The van der Waals surface area contributed by atoms with E-state index in [1.54, 1.807) is 33.9 Å². The number of aryl methyl sites for hydroxylation is 2. The van der Waals surface area contributed by atoms with Crippen molar-refractivity contribution in [1.29, 1.82) is 0 Å². The first-order valence-electron chi connectivity index (χ1n) is 8.10. The summed E-state index contributed by atoms with van der Waals surface area (Å²) in [4.78, 5) is 0.0914. The van der Waals surface area contributed by atoms with Crippen LogP contribution in [0.3, 0.4) is 0 Å². The Labute approximate surface area is 161 Å². The minimum absolute atomic E-state index is 0.0891. The maximum atomic E-state index is 14.1. The average molecular weight is 412 g/mol. The molecule has 27 heavy (non-hydrogen) atoms. The van der Waals surface area contributed by atoms with Gasteiger partial charge in [-0.15, -0.1) is 0 Å². The van der Waals surface area contributed by atoms with Gasteiger partial charge in [-0.05, 0) is 32.9 Å². The summed E-state index contributed by atoms with van der Waals surface area (Å²) in [5, 5.41) is 8.59. The van der Waals surface area contributed by atoms with E-state index in [0.717, 1.165) is 0 Å². The standard InChI is InChI=1S/C17H19ClFN5O2S/c1-10-17(22-27(25,26)16-8-20-23(4)11(16)2)12(3)24(21-10)9-13-14(18)6-5-7-15(13)19/h5-8,22H,9H2,1-4H3. The number of sulfonamides is 1. The van der Waals surface area contributed by atoms with Gasteiger partial charge in [-0.3, -0.25) is 14.1 Å². The first kappa shape index (κ1) is 19.4. The molecule has 7 nitrogen and oxygen atoms in total. The average Bonchev–Trinajstić information content (AvgIpc) is 3.06. The second kappa shape index (κ2) is 6.97. The maximum Gasteiger partial charge on any atom is 0.265 e. The minimum Gasteiger partial charge on any atom is -0.276 e. The Hall–Kier alpha value is -2.39. The van der Waals surface area contributed by atoms with Gasteiger partial charge in [-0.1, -0.05) is 17.7 Å². The lowest BCUT2D eigenvalue weighted by molar-refractivity contribution is 0.579. The highest BCUT2D eigenvalue weighted by atomic mass is 35.5. The maximum absolute atomic E-state index is 14.1. The summed E-state index contributed by atoms with van der Waals surface area (Å²) in [6.45, 7) is 5.15. The highest BCUT2D eigenvalue weighted by molar-refractivity contribution is 7.92. The molecule has 3 rings (SSSR count). The molecule has 1 N–H and O–H groups in total. The molecule has 0 fully saturated rings. The van der Waals surface area contributed by atoms with E-state index in [1.165, 1.54) is 27.7 Å². The lowest BCUT2D eigenvalue weighted by Crippen LogP contribution is -2.15. The topological polar surface area (TPSA) is 81.8 Å². The number of benzene rings is 1. The van der Waals surface area contributed by atoms with Crippen LogP contribution in [0.5, 0.6) is 0 Å². The van der Waals surface area contributed by atoms with Crippen LogP contribution < -0.4 is 4.72 Å². The predicted octanol–water partition coefficient (Wildman–Crippen LogP) is 3.18. The molecular formula is C17H19ClFN5O2S. The smallest absolute Gasteiger partial charge is 0.265 e. The number of anilines is 1. The van der Waals surface area contributed by atoms with Crippen molar-refractivity contribution in [2.75, 3.05) is 4.72 Å². The van der Waals surface area contributed by atoms with Crippen LogP contribution in [0.15, 0.2) is 29.3 Å². The quantitative estimate of drug-likeness (QED) is 0.699. The van der Waals surface area contributed by atoms with Crippen molar-refractivity contribution in [1.82, 2.24) is 19.6 Å². The molecule has 10 heteroatoms. The fourth-order valence-electron chi connectivity index (χ4n) is 2.76. The van der Waals surface area contributed by atoms with Crippen LogP contribution in [0.4, 0.5) is 10.1 Å². The molecule has 0 aliphatic rings. The molecule has 0 spiro atoms. The highest BCUT2D eigenvalue weighted by Crippen LogP contribution is 2.27. The number of hydrogen-bond acceptors (Lipinski definition) is 4. The van der Waals surface area contributed by atoms with Gasteiger partial charge in [0.2, 0.25) is 0 Å². The molecule has 144 valence electrons. The fourth-order valence-corrected chi connectivity index (χ4v) is 4.37. The van der Waals surface area contributed by atoms with Gasteiger partial charge < -0.3 is 0 Å². The third-order valence-corrected chi connectivity index (χ3v) is 6.27. The number of hydrogen-bond donors (Lipinski definition) is 1. The van der Waals surface area contributed by atoms with E-state index < -0.39 is 15.8 Å². The fraction of sp³-hybridized carbons (Fsp3) is 0.294. The summed E-state index contributed by atoms with van der Waals surface area (Å²) in [6, 6.07) is 4.44. The Morgan fingerprint density at radius 2 is 1.93 bits per heavy atom. The Bertz CT molecular complexity index is 1100. The van der Waals surface area contributed by atoms with E-state index in [1.807, 2.05) is 0 Å². The number of nitrogens with zero attached hydrogens (tertiary/aromatic N) is 4. The third-order valence-electron chi connectivity index (χ3n) is 4.47. The molecule has 3 aromatic rings. The van der Waals surface area contributed by atoms with Crippen LogP contribution in [0.25, 0.3) is 0 Å². The van der Waals surface area contributed by atoms with Gasteiger partial charge in [-0.25, -0.2) is 12.8 Å². The predicted molar refractivity (Wildman–Crippen MR) is 101 cm³/mol. The molecule has 0 aliphatic carbocycles. The van der Waals surface area contributed by atoms with Crippen LogP contribution in [0.2, 0.25) is 5.02 Å². The molecule has 0 atom stereocenters. The molecule has 0 saturated carbocycles. The summed E-state index contributed by atoms with van der Waals surface area (Å²) in [5.41, 5.74) is 2.19.